The molecule has 0 amide bonds. The van der Waals surface area contributed by atoms with Crippen LogP contribution >= 0.6 is 0 Å². The van der Waals surface area contributed by atoms with Gasteiger partial charge in [0.1, 0.15) is 17.1 Å². The molecule has 1 N–H and O–H groups in total. The van der Waals surface area contributed by atoms with E-state index in [1.54, 1.807) is 0 Å². The monoisotopic (exact) mass is 328 g/mol. The fourth-order valence-electron chi connectivity index (χ4n) is 4.45. The van der Waals surface area contributed by atoms with Crippen molar-refractivity contribution < 1.29 is 9.84 Å². The van der Waals surface area contributed by atoms with Gasteiger partial charge < -0.3 is 9.84 Å². The van der Waals surface area contributed by atoms with Gasteiger partial charge >= 0.3 is 0 Å². The molecule has 1 aromatic rings. The summed E-state index contributed by atoms with van der Waals surface area (Å²) < 4.78 is 6.35. The fraction of sp³-hybridized carbons (Fsp3) is 0.636. The Morgan fingerprint density at radius 3 is 2.67 bits per heavy atom. The van der Waals surface area contributed by atoms with Gasteiger partial charge in [-0.1, -0.05) is 44.3 Å². The predicted octanol–water partition coefficient (Wildman–Crippen LogP) is 6.13. The van der Waals surface area contributed by atoms with E-state index < -0.39 is 0 Å². The lowest BCUT2D eigenvalue weighted by Crippen LogP contribution is -2.42. The lowest BCUT2D eigenvalue weighted by molar-refractivity contribution is 0.0224. The second-order valence-electron chi connectivity index (χ2n) is 8.25. The number of ether oxygens (including phenoxy) is 1. The van der Waals surface area contributed by atoms with Crippen LogP contribution in [0.25, 0.3) is 0 Å². The summed E-state index contributed by atoms with van der Waals surface area (Å²) in [5.41, 5.74) is 3.44. The molecule has 0 spiro atoms. The van der Waals surface area contributed by atoms with E-state index in [-0.39, 0.29) is 5.60 Å². The molecule has 0 bridgehead atoms. The first kappa shape index (κ1) is 17.4. The number of unbranched alkanes of at least 4 members (excludes halogenated alkanes) is 4. The molecule has 0 saturated heterocycles. The zero-order chi connectivity index (χ0) is 17.3. The smallest absolute Gasteiger partial charge is 0.127 e. The van der Waals surface area contributed by atoms with E-state index in [0.29, 0.717) is 17.6 Å². The molecule has 1 aliphatic carbocycles. The maximum atomic E-state index is 10.7. The van der Waals surface area contributed by atoms with Crippen LogP contribution in [0.15, 0.2) is 23.8 Å². The van der Waals surface area contributed by atoms with Crippen LogP contribution in [0.4, 0.5) is 0 Å². The van der Waals surface area contributed by atoms with Crippen molar-refractivity contribution >= 4 is 0 Å². The summed E-state index contributed by atoms with van der Waals surface area (Å²) in [6.07, 6.45) is 10.8. The Hall–Kier alpha value is -1.44. The van der Waals surface area contributed by atoms with Gasteiger partial charge in [-0.25, -0.2) is 0 Å². The number of fused-ring (bicyclic) bond motifs is 3. The molecule has 2 heteroatoms. The second kappa shape index (κ2) is 6.82. The van der Waals surface area contributed by atoms with Gasteiger partial charge in [0, 0.05) is 17.4 Å². The lowest BCUT2D eigenvalue weighted by Gasteiger charge is -2.42. The fourth-order valence-corrected chi connectivity index (χ4v) is 4.45. The molecule has 24 heavy (non-hydrogen) atoms. The Labute approximate surface area is 146 Å². The molecule has 0 radical (unpaired) electrons. The minimum Gasteiger partial charge on any atom is -0.507 e. The maximum absolute atomic E-state index is 10.7. The molecule has 1 aromatic carbocycles. The van der Waals surface area contributed by atoms with Crippen LogP contribution in [-0.4, -0.2) is 10.7 Å². The average Bonchev–Trinajstić information content (AvgIpc) is 2.89. The minimum atomic E-state index is -0.182. The predicted molar refractivity (Wildman–Crippen MR) is 99.9 cm³/mol. The van der Waals surface area contributed by atoms with Gasteiger partial charge in [0.15, 0.2) is 0 Å². The molecule has 2 atom stereocenters. The molecular weight excluding hydrogens is 296 g/mol. The van der Waals surface area contributed by atoms with E-state index in [1.165, 1.54) is 43.2 Å². The number of aryl methyl sites for hydroxylation is 1. The first-order valence-electron chi connectivity index (χ1n) is 9.64. The molecule has 1 heterocycles. The first-order chi connectivity index (χ1) is 11.4. The summed E-state index contributed by atoms with van der Waals surface area (Å²) in [4.78, 5) is 0. The van der Waals surface area contributed by atoms with Gasteiger partial charge in [0.05, 0.1) is 0 Å². The summed E-state index contributed by atoms with van der Waals surface area (Å²) in [5, 5.41) is 10.7. The number of allylic oxidation sites excluding steroid dienone is 2. The summed E-state index contributed by atoms with van der Waals surface area (Å²) in [7, 11) is 0. The lowest BCUT2D eigenvalue weighted by atomic mass is 9.75. The largest absolute Gasteiger partial charge is 0.507 e. The van der Waals surface area contributed by atoms with E-state index in [9.17, 15) is 5.11 Å². The van der Waals surface area contributed by atoms with Crippen LogP contribution in [0.3, 0.4) is 0 Å². The van der Waals surface area contributed by atoms with Crippen molar-refractivity contribution in [1.29, 1.82) is 0 Å². The van der Waals surface area contributed by atoms with Crippen LogP contribution in [0.5, 0.6) is 11.5 Å². The molecule has 2 unspecified atom stereocenters. The SMILES string of the molecule is CCCCCCCc1cc(O)c2c(c1)OC(C)(C)C1CC(C)=CC21. The highest BCUT2D eigenvalue weighted by atomic mass is 16.5. The van der Waals surface area contributed by atoms with Crippen molar-refractivity contribution in [2.45, 2.75) is 84.2 Å². The van der Waals surface area contributed by atoms with E-state index in [2.05, 4.69) is 39.8 Å². The molecule has 3 rings (SSSR count). The zero-order valence-electron chi connectivity index (χ0n) is 15.7. The molecular formula is C22H32O2. The first-order valence-corrected chi connectivity index (χ1v) is 9.64. The average molecular weight is 328 g/mol. The van der Waals surface area contributed by atoms with Gasteiger partial charge in [-0.05, 0) is 57.7 Å². The highest BCUT2D eigenvalue weighted by Gasteiger charge is 2.46. The summed E-state index contributed by atoms with van der Waals surface area (Å²) in [6, 6.07) is 4.15. The van der Waals surface area contributed by atoms with Gasteiger partial charge in [-0.3, -0.25) is 0 Å². The number of rotatable bonds is 6. The molecule has 0 aromatic heterocycles. The highest BCUT2D eigenvalue weighted by molar-refractivity contribution is 5.54. The molecule has 2 aliphatic rings. The van der Waals surface area contributed by atoms with Crippen LogP contribution in [0, 0.1) is 5.92 Å². The van der Waals surface area contributed by atoms with Crippen molar-refractivity contribution in [2.75, 3.05) is 0 Å². The standard InChI is InChI=1S/C22H32O2/c1-5-6-7-8-9-10-16-13-19(23)21-17-11-15(2)12-18(17)22(3,4)24-20(21)14-16/h11,13-14,17-18,23H,5-10,12H2,1-4H3. The van der Waals surface area contributed by atoms with Crippen molar-refractivity contribution in [1.82, 2.24) is 0 Å². The Balaban J connectivity index is 1.81. The summed E-state index contributed by atoms with van der Waals surface area (Å²) >= 11 is 0. The normalized spacial score (nSPS) is 24.1. The highest BCUT2D eigenvalue weighted by Crippen LogP contribution is 2.54. The Morgan fingerprint density at radius 1 is 1.17 bits per heavy atom. The number of phenolic OH excluding ortho intramolecular Hbond substituents is 1. The van der Waals surface area contributed by atoms with Crippen molar-refractivity contribution in [2.24, 2.45) is 5.92 Å². The number of hydrogen-bond acceptors (Lipinski definition) is 2. The number of phenols is 1. The van der Waals surface area contributed by atoms with E-state index >= 15 is 0 Å². The number of benzene rings is 1. The molecule has 0 fully saturated rings. The summed E-state index contributed by atoms with van der Waals surface area (Å²) in [5.74, 6) is 2.04. The van der Waals surface area contributed by atoms with Gasteiger partial charge in [-0.15, -0.1) is 0 Å². The molecule has 1 aliphatic heterocycles. The van der Waals surface area contributed by atoms with E-state index in [4.69, 9.17) is 4.74 Å². The summed E-state index contributed by atoms with van der Waals surface area (Å²) in [6.45, 7) is 8.81. The third-order valence-electron chi connectivity index (χ3n) is 5.79. The third-order valence-corrected chi connectivity index (χ3v) is 5.79. The van der Waals surface area contributed by atoms with Gasteiger partial charge in [0.25, 0.3) is 0 Å². The number of aromatic hydroxyl groups is 1. The molecule has 0 saturated carbocycles. The zero-order valence-corrected chi connectivity index (χ0v) is 15.7. The van der Waals surface area contributed by atoms with Gasteiger partial charge in [0.2, 0.25) is 0 Å². The third kappa shape index (κ3) is 3.34. The van der Waals surface area contributed by atoms with Crippen LogP contribution in [0.2, 0.25) is 0 Å². The quantitative estimate of drug-likeness (QED) is 0.503. The Bertz CT molecular complexity index is 627. The minimum absolute atomic E-state index is 0.182. The van der Waals surface area contributed by atoms with Crippen molar-refractivity contribution in [3.8, 4) is 11.5 Å². The van der Waals surface area contributed by atoms with Crippen LogP contribution < -0.4 is 4.74 Å². The second-order valence-corrected chi connectivity index (χ2v) is 8.25. The van der Waals surface area contributed by atoms with Crippen molar-refractivity contribution in [3.63, 3.8) is 0 Å². The maximum Gasteiger partial charge on any atom is 0.127 e. The molecule has 2 nitrogen and oxygen atoms in total. The van der Waals surface area contributed by atoms with Crippen LogP contribution in [0.1, 0.15) is 83.3 Å². The Kier molecular flexibility index (Phi) is 4.94. The van der Waals surface area contributed by atoms with Crippen LogP contribution in [-0.2, 0) is 6.42 Å². The topological polar surface area (TPSA) is 29.5 Å². The molecule has 132 valence electrons. The number of hydrogen-bond donors (Lipinski definition) is 1. The van der Waals surface area contributed by atoms with E-state index in [0.717, 1.165) is 24.2 Å². The van der Waals surface area contributed by atoms with Gasteiger partial charge in [-0.2, -0.15) is 0 Å². The van der Waals surface area contributed by atoms with E-state index in [1.807, 2.05) is 6.07 Å². The Morgan fingerprint density at radius 2 is 1.92 bits per heavy atom. The van der Waals surface area contributed by atoms with Crippen molar-refractivity contribution in [3.05, 3.63) is 34.9 Å².